The summed E-state index contributed by atoms with van der Waals surface area (Å²) in [5.74, 6) is 0.0824. The number of rotatable bonds is 4. The lowest BCUT2D eigenvalue weighted by Crippen LogP contribution is -2.14. The van der Waals surface area contributed by atoms with Gasteiger partial charge in [-0.05, 0) is 24.3 Å². The summed E-state index contributed by atoms with van der Waals surface area (Å²) in [5, 5.41) is 4.82. The van der Waals surface area contributed by atoms with Gasteiger partial charge >= 0.3 is 0 Å². The Morgan fingerprint density at radius 2 is 2.00 bits per heavy atom. The first-order valence-corrected chi connectivity index (χ1v) is 8.08. The van der Waals surface area contributed by atoms with Gasteiger partial charge in [-0.25, -0.2) is 14.4 Å². The summed E-state index contributed by atoms with van der Waals surface area (Å²) in [4.78, 5) is 22.6. The van der Waals surface area contributed by atoms with Gasteiger partial charge in [-0.1, -0.05) is 12.1 Å². The van der Waals surface area contributed by atoms with Gasteiger partial charge in [0.1, 0.15) is 22.3 Å². The molecule has 24 heavy (non-hydrogen) atoms. The summed E-state index contributed by atoms with van der Waals surface area (Å²) in [6.07, 6.45) is 1.58. The van der Waals surface area contributed by atoms with E-state index < -0.39 is 0 Å². The highest BCUT2D eigenvalue weighted by atomic mass is 32.1. The van der Waals surface area contributed by atoms with Crippen LogP contribution in [0.3, 0.4) is 0 Å². The summed E-state index contributed by atoms with van der Waals surface area (Å²) in [7, 11) is 3.78. The fourth-order valence-electron chi connectivity index (χ4n) is 2.06. The molecule has 0 atom stereocenters. The first-order chi connectivity index (χ1) is 11.5. The third kappa shape index (κ3) is 3.41. The number of benzene rings is 1. The van der Waals surface area contributed by atoms with Gasteiger partial charge in [-0.3, -0.25) is 4.79 Å². The number of carbonyl (C=O) groups excluding carboxylic acids is 1. The average Bonchev–Trinajstić information content (AvgIpc) is 3.05. The van der Waals surface area contributed by atoms with Crippen LogP contribution in [0.2, 0.25) is 0 Å². The normalized spacial score (nSPS) is 10.5. The van der Waals surface area contributed by atoms with Crippen molar-refractivity contribution in [1.29, 1.82) is 0 Å². The van der Waals surface area contributed by atoms with Gasteiger partial charge in [0.2, 0.25) is 0 Å². The molecule has 2 aromatic heterocycles. The zero-order chi connectivity index (χ0) is 17.1. The molecule has 1 aromatic carbocycles. The number of nitrogens with one attached hydrogen (secondary N) is 1. The Kier molecular flexibility index (Phi) is 4.52. The average molecular weight is 342 g/mol. The summed E-state index contributed by atoms with van der Waals surface area (Å²) in [6, 6.07) is 9.93. The van der Waals surface area contributed by atoms with Crippen LogP contribution in [0.25, 0.3) is 10.6 Å². The molecule has 0 bridgehead atoms. The zero-order valence-electron chi connectivity index (χ0n) is 13.2. The molecule has 5 nitrogen and oxygen atoms in total. The molecule has 2 heterocycles. The molecule has 7 heteroatoms. The van der Waals surface area contributed by atoms with Crippen molar-refractivity contribution in [2.75, 3.05) is 24.3 Å². The SMILES string of the molecule is CN(C)c1ccc(NC(=O)c2csc(-c3ccccc3F)n2)cn1. The lowest BCUT2D eigenvalue weighted by molar-refractivity contribution is 0.102. The van der Waals surface area contributed by atoms with Crippen LogP contribution in [0.15, 0.2) is 48.0 Å². The third-order valence-corrected chi connectivity index (χ3v) is 4.18. The highest BCUT2D eigenvalue weighted by Crippen LogP contribution is 2.26. The van der Waals surface area contributed by atoms with E-state index in [1.54, 1.807) is 41.9 Å². The van der Waals surface area contributed by atoms with Crippen molar-refractivity contribution in [3.05, 3.63) is 59.5 Å². The molecule has 0 aliphatic heterocycles. The van der Waals surface area contributed by atoms with Crippen LogP contribution in [0.4, 0.5) is 15.9 Å². The van der Waals surface area contributed by atoms with E-state index in [4.69, 9.17) is 0 Å². The predicted molar refractivity (Wildman–Crippen MR) is 94.0 cm³/mol. The Bertz CT molecular complexity index is 861. The Labute approximate surface area is 142 Å². The van der Waals surface area contributed by atoms with Gasteiger partial charge in [0.25, 0.3) is 5.91 Å². The van der Waals surface area contributed by atoms with Gasteiger partial charge in [0, 0.05) is 25.0 Å². The number of aromatic nitrogens is 2. The topological polar surface area (TPSA) is 58.1 Å². The van der Waals surface area contributed by atoms with Crippen molar-refractivity contribution in [1.82, 2.24) is 9.97 Å². The number of carbonyl (C=O) groups is 1. The van der Waals surface area contributed by atoms with Gasteiger partial charge in [-0.15, -0.1) is 11.3 Å². The van der Waals surface area contributed by atoms with Crippen LogP contribution in [-0.2, 0) is 0 Å². The van der Waals surface area contributed by atoms with E-state index in [-0.39, 0.29) is 17.4 Å². The van der Waals surface area contributed by atoms with E-state index in [0.717, 1.165) is 5.82 Å². The molecular formula is C17H15FN4OS. The largest absolute Gasteiger partial charge is 0.363 e. The van der Waals surface area contributed by atoms with Gasteiger partial charge in [-0.2, -0.15) is 0 Å². The Morgan fingerprint density at radius 1 is 1.21 bits per heavy atom. The molecule has 0 unspecified atom stereocenters. The number of hydrogen-bond donors (Lipinski definition) is 1. The minimum Gasteiger partial charge on any atom is -0.363 e. The first kappa shape index (κ1) is 16.1. The van der Waals surface area contributed by atoms with Crippen LogP contribution in [0, 0.1) is 5.82 Å². The molecule has 3 aromatic rings. The van der Waals surface area contributed by atoms with Crippen molar-refractivity contribution in [3.8, 4) is 10.6 Å². The number of pyridine rings is 1. The Hall–Kier alpha value is -2.80. The molecule has 0 saturated heterocycles. The fourth-order valence-corrected chi connectivity index (χ4v) is 2.88. The monoisotopic (exact) mass is 342 g/mol. The van der Waals surface area contributed by atoms with Gasteiger partial charge < -0.3 is 10.2 Å². The van der Waals surface area contributed by atoms with E-state index in [9.17, 15) is 9.18 Å². The van der Waals surface area contributed by atoms with E-state index in [1.165, 1.54) is 17.4 Å². The molecule has 0 spiro atoms. The lowest BCUT2D eigenvalue weighted by Gasteiger charge is -2.11. The Morgan fingerprint density at radius 3 is 2.67 bits per heavy atom. The fraction of sp³-hybridized carbons (Fsp3) is 0.118. The van der Waals surface area contributed by atoms with Crippen LogP contribution in [0.5, 0.6) is 0 Å². The van der Waals surface area contributed by atoms with E-state index in [0.29, 0.717) is 16.3 Å². The maximum absolute atomic E-state index is 13.8. The van der Waals surface area contributed by atoms with Crippen LogP contribution in [-0.4, -0.2) is 30.0 Å². The standard InChI is InChI=1S/C17H15FN4OS/c1-22(2)15-8-7-11(9-19-15)20-16(23)14-10-24-17(21-14)12-5-3-4-6-13(12)18/h3-10H,1-2H3,(H,20,23). The lowest BCUT2D eigenvalue weighted by atomic mass is 10.2. The third-order valence-electron chi connectivity index (χ3n) is 3.31. The van der Waals surface area contributed by atoms with E-state index in [1.807, 2.05) is 19.0 Å². The number of amides is 1. The minimum atomic E-state index is -0.359. The molecular weight excluding hydrogens is 327 g/mol. The smallest absolute Gasteiger partial charge is 0.275 e. The van der Waals surface area contributed by atoms with E-state index >= 15 is 0 Å². The van der Waals surface area contributed by atoms with Gasteiger partial charge in [0.05, 0.1) is 11.9 Å². The second-order valence-corrected chi connectivity index (χ2v) is 6.13. The molecule has 122 valence electrons. The molecule has 0 aliphatic carbocycles. The van der Waals surface area contributed by atoms with Crippen molar-refractivity contribution in [3.63, 3.8) is 0 Å². The molecule has 0 fully saturated rings. The number of halogens is 1. The maximum Gasteiger partial charge on any atom is 0.275 e. The highest BCUT2D eigenvalue weighted by molar-refractivity contribution is 7.13. The predicted octanol–water partition coefficient (Wildman–Crippen LogP) is 3.66. The molecule has 1 N–H and O–H groups in total. The van der Waals surface area contributed by atoms with Crippen molar-refractivity contribution < 1.29 is 9.18 Å². The number of hydrogen-bond acceptors (Lipinski definition) is 5. The summed E-state index contributed by atoms with van der Waals surface area (Å²) in [5.41, 5.74) is 1.21. The van der Waals surface area contributed by atoms with Crippen molar-refractivity contribution in [2.45, 2.75) is 0 Å². The molecule has 3 rings (SSSR count). The summed E-state index contributed by atoms with van der Waals surface area (Å²) < 4.78 is 13.8. The summed E-state index contributed by atoms with van der Waals surface area (Å²) in [6.45, 7) is 0. The zero-order valence-corrected chi connectivity index (χ0v) is 14.0. The number of thiazole rings is 1. The maximum atomic E-state index is 13.8. The van der Waals surface area contributed by atoms with Crippen LogP contribution < -0.4 is 10.2 Å². The number of anilines is 2. The second-order valence-electron chi connectivity index (χ2n) is 5.27. The quantitative estimate of drug-likeness (QED) is 0.786. The molecule has 0 radical (unpaired) electrons. The Balaban J connectivity index is 1.75. The summed E-state index contributed by atoms with van der Waals surface area (Å²) >= 11 is 1.23. The molecule has 0 saturated carbocycles. The highest BCUT2D eigenvalue weighted by Gasteiger charge is 2.14. The van der Waals surface area contributed by atoms with Crippen molar-refractivity contribution >= 4 is 28.7 Å². The second kappa shape index (κ2) is 6.76. The minimum absolute atomic E-state index is 0.245. The first-order valence-electron chi connectivity index (χ1n) is 7.20. The van der Waals surface area contributed by atoms with Gasteiger partial charge in [0.15, 0.2) is 0 Å². The van der Waals surface area contributed by atoms with Crippen LogP contribution in [0.1, 0.15) is 10.5 Å². The van der Waals surface area contributed by atoms with Crippen LogP contribution >= 0.6 is 11.3 Å². The molecule has 0 aliphatic rings. The molecule has 1 amide bonds. The number of nitrogens with zero attached hydrogens (tertiary/aromatic N) is 3. The van der Waals surface area contributed by atoms with E-state index in [2.05, 4.69) is 15.3 Å². The van der Waals surface area contributed by atoms with Crippen molar-refractivity contribution in [2.24, 2.45) is 0 Å².